The van der Waals surface area contributed by atoms with Gasteiger partial charge in [-0.3, -0.25) is 0 Å². The summed E-state index contributed by atoms with van der Waals surface area (Å²) in [4.78, 5) is 0. The Balaban J connectivity index is 2.11. The maximum atomic E-state index is 9.55. The van der Waals surface area contributed by atoms with Gasteiger partial charge < -0.3 is 9.84 Å². The summed E-state index contributed by atoms with van der Waals surface area (Å²) in [5.74, 6) is 0.799. The molecule has 1 unspecified atom stereocenters. The summed E-state index contributed by atoms with van der Waals surface area (Å²) in [5, 5.41) is 10.2. The molecule has 1 atom stereocenters. The topological polar surface area (TPSA) is 29.5 Å². The molecule has 2 rings (SSSR count). The van der Waals surface area contributed by atoms with Gasteiger partial charge in [0.05, 0.1) is 6.10 Å². The third-order valence-electron chi connectivity index (χ3n) is 3.08. The zero-order valence-corrected chi connectivity index (χ0v) is 13.7. The van der Waals surface area contributed by atoms with Gasteiger partial charge in [-0.05, 0) is 49.2 Å². The van der Waals surface area contributed by atoms with E-state index in [1.54, 1.807) is 6.92 Å². The summed E-state index contributed by atoms with van der Waals surface area (Å²) in [5.41, 5.74) is 2.82. The summed E-state index contributed by atoms with van der Waals surface area (Å²) >= 11 is 9.54. The largest absolute Gasteiger partial charge is 0.489 e. The summed E-state index contributed by atoms with van der Waals surface area (Å²) in [6.45, 7) is 4.13. The van der Waals surface area contributed by atoms with Gasteiger partial charge >= 0.3 is 0 Å². The molecule has 4 heteroatoms. The van der Waals surface area contributed by atoms with E-state index in [4.69, 9.17) is 16.3 Å². The molecule has 0 fully saturated rings. The minimum Gasteiger partial charge on any atom is -0.489 e. The first-order chi connectivity index (χ1) is 9.47. The Bertz CT molecular complexity index is 611. The lowest BCUT2D eigenvalue weighted by atomic mass is 10.1. The number of benzene rings is 2. The number of aryl methyl sites for hydroxylation is 1. The van der Waals surface area contributed by atoms with Crippen LogP contribution in [0.5, 0.6) is 5.75 Å². The van der Waals surface area contributed by atoms with Crippen LogP contribution in [-0.4, -0.2) is 5.11 Å². The molecule has 0 heterocycles. The van der Waals surface area contributed by atoms with Crippen LogP contribution in [0.3, 0.4) is 0 Å². The summed E-state index contributed by atoms with van der Waals surface area (Å²) < 4.78 is 6.74. The highest BCUT2D eigenvalue weighted by Crippen LogP contribution is 2.26. The van der Waals surface area contributed by atoms with Crippen molar-refractivity contribution in [2.45, 2.75) is 26.6 Å². The molecule has 0 aliphatic heterocycles. The molecule has 106 valence electrons. The number of hydrogen-bond donors (Lipinski definition) is 1. The molecule has 0 saturated carbocycles. The zero-order chi connectivity index (χ0) is 14.7. The molecule has 0 aliphatic rings. The summed E-state index contributed by atoms with van der Waals surface area (Å²) in [6.07, 6.45) is -0.469. The van der Waals surface area contributed by atoms with Crippen molar-refractivity contribution >= 4 is 27.5 Å². The molecule has 1 N–H and O–H groups in total. The summed E-state index contributed by atoms with van der Waals surface area (Å²) in [7, 11) is 0. The first kappa shape index (κ1) is 15.4. The van der Waals surface area contributed by atoms with Gasteiger partial charge in [0.15, 0.2) is 0 Å². The van der Waals surface area contributed by atoms with Crippen LogP contribution in [0.15, 0.2) is 40.9 Å². The maximum absolute atomic E-state index is 9.55. The standard InChI is InChI=1S/C16H16BrClO2/c1-10-7-12(11(2)19)4-6-16(10)20-9-13-3-5-14(17)8-15(13)18/h3-8,11,19H,9H2,1-2H3. The monoisotopic (exact) mass is 354 g/mol. The molecule has 0 saturated heterocycles. The molecule has 0 radical (unpaired) electrons. The Labute approximate surface area is 132 Å². The lowest BCUT2D eigenvalue weighted by Crippen LogP contribution is -1.99. The molecule has 0 aromatic heterocycles. The van der Waals surface area contributed by atoms with Gasteiger partial charge in [-0.1, -0.05) is 39.7 Å². The van der Waals surface area contributed by atoms with Crippen molar-refractivity contribution in [2.24, 2.45) is 0 Å². The quantitative estimate of drug-likeness (QED) is 0.832. The van der Waals surface area contributed by atoms with Crippen molar-refractivity contribution in [1.82, 2.24) is 0 Å². The SMILES string of the molecule is Cc1cc(C(C)O)ccc1OCc1ccc(Br)cc1Cl. The highest BCUT2D eigenvalue weighted by Gasteiger charge is 2.07. The molecule has 2 aromatic rings. The van der Waals surface area contributed by atoms with Crippen LogP contribution in [0.2, 0.25) is 5.02 Å². The van der Waals surface area contributed by atoms with Crippen molar-refractivity contribution in [3.63, 3.8) is 0 Å². The summed E-state index contributed by atoms with van der Waals surface area (Å²) in [6, 6.07) is 11.4. The predicted octanol–water partition coefficient (Wildman–Crippen LogP) is 5.04. The van der Waals surface area contributed by atoms with Gasteiger partial charge in [-0.2, -0.15) is 0 Å². The minimum absolute atomic E-state index is 0.418. The van der Waals surface area contributed by atoms with Gasteiger partial charge in [0.1, 0.15) is 12.4 Å². The lowest BCUT2D eigenvalue weighted by Gasteiger charge is -2.12. The highest BCUT2D eigenvalue weighted by atomic mass is 79.9. The second kappa shape index (κ2) is 6.61. The molecule has 0 amide bonds. The number of aliphatic hydroxyl groups excluding tert-OH is 1. The highest BCUT2D eigenvalue weighted by molar-refractivity contribution is 9.10. The number of ether oxygens (including phenoxy) is 1. The fourth-order valence-electron chi connectivity index (χ4n) is 1.89. The van der Waals surface area contributed by atoms with Crippen molar-refractivity contribution in [1.29, 1.82) is 0 Å². The zero-order valence-electron chi connectivity index (χ0n) is 11.4. The molecule has 0 aliphatic carbocycles. The molecule has 0 spiro atoms. The third kappa shape index (κ3) is 3.75. The van der Waals surface area contributed by atoms with E-state index in [1.807, 2.05) is 43.3 Å². The first-order valence-corrected chi connectivity index (χ1v) is 7.50. The Morgan fingerprint density at radius 2 is 2.00 bits per heavy atom. The van der Waals surface area contributed by atoms with E-state index in [1.165, 1.54) is 0 Å². The van der Waals surface area contributed by atoms with Gasteiger partial charge in [0.2, 0.25) is 0 Å². The Morgan fingerprint density at radius 1 is 1.25 bits per heavy atom. The Morgan fingerprint density at radius 3 is 2.60 bits per heavy atom. The van der Waals surface area contributed by atoms with Crippen molar-refractivity contribution in [3.05, 3.63) is 62.6 Å². The molecule has 20 heavy (non-hydrogen) atoms. The smallest absolute Gasteiger partial charge is 0.122 e. The van der Waals surface area contributed by atoms with Crippen molar-refractivity contribution in [3.8, 4) is 5.75 Å². The van der Waals surface area contributed by atoms with Gasteiger partial charge in [-0.25, -0.2) is 0 Å². The van der Waals surface area contributed by atoms with Crippen LogP contribution < -0.4 is 4.74 Å². The van der Waals surface area contributed by atoms with E-state index in [2.05, 4.69) is 15.9 Å². The third-order valence-corrected chi connectivity index (χ3v) is 3.92. The van der Waals surface area contributed by atoms with E-state index in [9.17, 15) is 5.11 Å². The molecule has 2 aromatic carbocycles. The molecular formula is C16H16BrClO2. The van der Waals surface area contributed by atoms with Gasteiger partial charge in [0.25, 0.3) is 0 Å². The van der Waals surface area contributed by atoms with E-state index in [-0.39, 0.29) is 0 Å². The van der Waals surface area contributed by atoms with Crippen LogP contribution in [-0.2, 0) is 6.61 Å². The number of aliphatic hydroxyl groups is 1. The van der Waals surface area contributed by atoms with Crippen LogP contribution >= 0.6 is 27.5 Å². The van der Waals surface area contributed by atoms with Crippen LogP contribution in [0.25, 0.3) is 0 Å². The van der Waals surface area contributed by atoms with Crippen LogP contribution in [0.4, 0.5) is 0 Å². The first-order valence-electron chi connectivity index (χ1n) is 6.32. The molecular weight excluding hydrogens is 340 g/mol. The Hall–Kier alpha value is -1.03. The van der Waals surface area contributed by atoms with Crippen molar-refractivity contribution in [2.75, 3.05) is 0 Å². The van der Waals surface area contributed by atoms with E-state index in [0.29, 0.717) is 11.6 Å². The number of rotatable bonds is 4. The van der Waals surface area contributed by atoms with Gasteiger partial charge in [0, 0.05) is 15.1 Å². The van der Waals surface area contributed by atoms with E-state index >= 15 is 0 Å². The average molecular weight is 356 g/mol. The fourth-order valence-corrected chi connectivity index (χ4v) is 2.62. The minimum atomic E-state index is -0.469. The average Bonchev–Trinajstić information content (AvgIpc) is 2.38. The molecule has 0 bridgehead atoms. The normalized spacial score (nSPS) is 12.2. The number of hydrogen-bond acceptors (Lipinski definition) is 2. The molecule has 2 nitrogen and oxygen atoms in total. The Kier molecular flexibility index (Phi) is 5.08. The van der Waals surface area contributed by atoms with Crippen molar-refractivity contribution < 1.29 is 9.84 Å². The fraction of sp³-hybridized carbons (Fsp3) is 0.250. The number of halogens is 2. The lowest BCUT2D eigenvalue weighted by molar-refractivity contribution is 0.199. The second-order valence-corrected chi connectivity index (χ2v) is 6.05. The second-order valence-electron chi connectivity index (χ2n) is 4.73. The van der Waals surface area contributed by atoms with E-state index in [0.717, 1.165) is 26.9 Å². The maximum Gasteiger partial charge on any atom is 0.122 e. The van der Waals surface area contributed by atoms with Gasteiger partial charge in [-0.15, -0.1) is 0 Å². The van der Waals surface area contributed by atoms with Crippen LogP contribution in [0, 0.1) is 6.92 Å². The predicted molar refractivity (Wildman–Crippen MR) is 85.3 cm³/mol. The van der Waals surface area contributed by atoms with E-state index < -0.39 is 6.10 Å². The van der Waals surface area contributed by atoms with Crippen LogP contribution in [0.1, 0.15) is 29.7 Å².